The monoisotopic (exact) mass is 178 g/mol. The fourth-order valence-corrected chi connectivity index (χ4v) is 1.10. The van der Waals surface area contributed by atoms with E-state index in [1.807, 2.05) is 12.2 Å². The molecule has 0 atom stereocenters. The second-order valence-electron chi connectivity index (χ2n) is 2.97. The van der Waals surface area contributed by atoms with Gasteiger partial charge < -0.3 is 10.2 Å². The molecule has 1 aromatic carbocycles. The van der Waals surface area contributed by atoms with Crippen LogP contribution >= 0.6 is 0 Å². The second kappa shape index (κ2) is 4.55. The first kappa shape index (κ1) is 9.65. The first-order chi connectivity index (χ1) is 6.22. The smallest absolute Gasteiger partial charge is 0.119 e. The SMILES string of the molecule is CCC/C=C/c1cc(O)cc(O)c1. The molecule has 0 saturated heterocycles. The first-order valence-electron chi connectivity index (χ1n) is 4.42. The van der Waals surface area contributed by atoms with E-state index in [9.17, 15) is 0 Å². The molecule has 0 saturated carbocycles. The highest BCUT2D eigenvalue weighted by Gasteiger charge is 1.94. The minimum atomic E-state index is 0.0937. The lowest BCUT2D eigenvalue weighted by molar-refractivity contribution is 0.450. The molecule has 0 aliphatic heterocycles. The highest BCUT2D eigenvalue weighted by atomic mass is 16.3. The van der Waals surface area contributed by atoms with Crippen molar-refractivity contribution in [3.05, 3.63) is 29.8 Å². The van der Waals surface area contributed by atoms with Crippen molar-refractivity contribution in [2.75, 3.05) is 0 Å². The van der Waals surface area contributed by atoms with Crippen LogP contribution in [-0.4, -0.2) is 10.2 Å². The predicted molar refractivity (Wildman–Crippen MR) is 53.7 cm³/mol. The zero-order chi connectivity index (χ0) is 9.68. The van der Waals surface area contributed by atoms with Gasteiger partial charge in [0.25, 0.3) is 0 Å². The summed E-state index contributed by atoms with van der Waals surface area (Å²) >= 11 is 0. The summed E-state index contributed by atoms with van der Waals surface area (Å²) in [5, 5.41) is 18.3. The normalized spacial score (nSPS) is 10.8. The molecule has 0 spiro atoms. The Labute approximate surface area is 78.2 Å². The number of unbranched alkanes of at least 4 members (excludes halogenated alkanes) is 1. The molecule has 0 bridgehead atoms. The van der Waals surface area contributed by atoms with Crippen LogP contribution in [0.3, 0.4) is 0 Å². The quantitative estimate of drug-likeness (QED) is 0.747. The number of aromatic hydroxyl groups is 2. The minimum absolute atomic E-state index is 0.0937. The number of rotatable bonds is 3. The van der Waals surface area contributed by atoms with E-state index in [-0.39, 0.29) is 11.5 Å². The van der Waals surface area contributed by atoms with Crippen molar-refractivity contribution in [1.82, 2.24) is 0 Å². The number of hydrogen-bond donors (Lipinski definition) is 2. The van der Waals surface area contributed by atoms with E-state index >= 15 is 0 Å². The van der Waals surface area contributed by atoms with E-state index in [0.717, 1.165) is 18.4 Å². The van der Waals surface area contributed by atoms with Crippen molar-refractivity contribution in [3.63, 3.8) is 0 Å². The van der Waals surface area contributed by atoms with Gasteiger partial charge in [-0.05, 0) is 24.1 Å². The van der Waals surface area contributed by atoms with Crippen LogP contribution in [0.15, 0.2) is 24.3 Å². The van der Waals surface area contributed by atoms with Crippen LogP contribution in [0, 0.1) is 0 Å². The fraction of sp³-hybridized carbons (Fsp3) is 0.273. The Hall–Kier alpha value is -1.44. The van der Waals surface area contributed by atoms with Gasteiger partial charge in [-0.2, -0.15) is 0 Å². The lowest BCUT2D eigenvalue weighted by atomic mass is 10.1. The third-order valence-electron chi connectivity index (χ3n) is 1.69. The minimum Gasteiger partial charge on any atom is -0.508 e. The summed E-state index contributed by atoms with van der Waals surface area (Å²) in [5.74, 6) is 0.187. The average molecular weight is 178 g/mol. The van der Waals surface area contributed by atoms with Gasteiger partial charge >= 0.3 is 0 Å². The average Bonchev–Trinajstić information content (AvgIpc) is 2.03. The van der Waals surface area contributed by atoms with Gasteiger partial charge in [0.2, 0.25) is 0 Å². The lowest BCUT2D eigenvalue weighted by Gasteiger charge is -1.97. The third kappa shape index (κ3) is 3.20. The Morgan fingerprint density at radius 1 is 1.15 bits per heavy atom. The van der Waals surface area contributed by atoms with Crippen molar-refractivity contribution in [2.24, 2.45) is 0 Å². The molecule has 70 valence electrons. The fourth-order valence-electron chi connectivity index (χ4n) is 1.10. The molecule has 0 aliphatic carbocycles. The predicted octanol–water partition coefficient (Wildman–Crippen LogP) is 2.91. The summed E-state index contributed by atoms with van der Waals surface area (Å²) in [7, 11) is 0. The lowest BCUT2D eigenvalue weighted by Crippen LogP contribution is -1.73. The van der Waals surface area contributed by atoms with Crippen LogP contribution in [0.2, 0.25) is 0 Å². The molecule has 0 unspecified atom stereocenters. The van der Waals surface area contributed by atoms with E-state index in [4.69, 9.17) is 10.2 Å². The second-order valence-corrected chi connectivity index (χ2v) is 2.97. The Bertz CT molecular complexity index is 283. The third-order valence-corrected chi connectivity index (χ3v) is 1.69. The van der Waals surface area contributed by atoms with Gasteiger partial charge in [0, 0.05) is 6.07 Å². The van der Waals surface area contributed by atoms with Crippen molar-refractivity contribution in [2.45, 2.75) is 19.8 Å². The van der Waals surface area contributed by atoms with Crippen molar-refractivity contribution >= 4 is 6.08 Å². The van der Waals surface area contributed by atoms with Crippen LogP contribution in [0.25, 0.3) is 6.08 Å². The van der Waals surface area contributed by atoms with Gasteiger partial charge in [-0.25, -0.2) is 0 Å². The van der Waals surface area contributed by atoms with Crippen LogP contribution in [0.1, 0.15) is 25.3 Å². The maximum absolute atomic E-state index is 9.16. The standard InChI is InChI=1S/C11H14O2/c1-2-3-4-5-9-6-10(12)8-11(13)7-9/h4-8,12-13H,2-3H2,1H3/b5-4+. The summed E-state index contributed by atoms with van der Waals surface area (Å²) in [6, 6.07) is 4.55. The molecule has 2 N–H and O–H groups in total. The molecule has 13 heavy (non-hydrogen) atoms. The summed E-state index contributed by atoms with van der Waals surface area (Å²) in [4.78, 5) is 0. The Kier molecular flexibility index (Phi) is 3.38. The molecule has 1 aromatic rings. The van der Waals surface area contributed by atoms with Crippen molar-refractivity contribution in [1.29, 1.82) is 0 Å². The number of phenols is 2. The number of benzene rings is 1. The molecule has 0 aliphatic rings. The summed E-state index contributed by atoms with van der Waals surface area (Å²) in [5.41, 5.74) is 0.825. The first-order valence-corrected chi connectivity index (χ1v) is 4.42. The molecule has 2 nitrogen and oxygen atoms in total. The van der Waals surface area contributed by atoms with Gasteiger partial charge in [0.15, 0.2) is 0 Å². The Morgan fingerprint density at radius 2 is 1.77 bits per heavy atom. The van der Waals surface area contributed by atoms with E-state index in [1.165, 1.54) is 6.07 Å². The van der Waals surface area contributed by atoms with Crippen LogP contribution < -0.4 is 0 Å². The van der Waals surface area contributed by atoms with Crippen molar-refractivity contribution in [3.8, 4) is 11.5 Å². The Morgan fingerprint density at radius 3 is 2.31 bits per heavy atom. The van der Waals surface area contributed by atoms with Crippen molar-refractivity contribution < 1.29 is 10.2 Å². The van der Waals surface area contributed by atoms with Crippen LogP contribution in [-0.2, 0) is 0 Å². The van der Waals surface area contributed by atoms with Gasteiger partial charge in [-0.3, -0.25) is 0 Å². The molecule has 0 fully saturated rings. The zero-order valence-electron chi connectivity index (χ0n) is 7.70. The Balaban J connectivity index is 2.77. The van der Waals surface area contributed by atoms with Gasteiger partial charge in [0.05, 0.1) is 0 Å². The summed E-state index contributed by atoms with van der Waals surface area (Å²) < 4.78 is 0. The molecule has 2 heteroatoms. The van der Waals surface area contributed by atoms with E-state index in [1.54, 1.807) is 12.1 Å². The number of phenolic OH excluding ortho intramolecular Hbond substituents is 2. The molecule has 0 aromatic heterocycles. The van der Waals surface area contributed by atoms with E-state index in [2.05, 4.69) is 6.92 Å². The summed E-state index contributed by atoms with van der Waals surface area (Å²) in [6.07, 6.45) is 6.02. The largest absolute Gasteiger partial charge is 0.508 e. The van der Waals surface area contributed by atoms with Gasteiger partial charge in [-0.15, -0.1) is 0 Å². The number of allylic oxidation sites excluding steroid dienone is 1. The maximum atomic E-state index is 9.16. The highest BCUT2D eigenvalue weighted by molar-refractivity contribution is 5.54. The summed E-state index contributed by atoms with van der Waals surface area (Å²) in [6.45, 7) is 2.10. The molecule has 1 rings (SSSR count). The molecular weight excluding hydrogens is 164 g/mol. The van der Waals surface area contributed by atoms with E-state index < -0.39 is 0 Å². The zero-order valence-corrected chi connectivity index (χ0v) is 7.70. The highest BCUT2D eigenvalue weighted by Crippen LogP contribution is 2.21. The molecule has 0 radical (unpaired) electrons. The maximum Gasteiger partial charge on any atom is 0.119 e. The topological polar surface area (TPSA) is 40.5 Å². The van der Waals surface area contributed by atoms with Crippen LogP contribution in [0.5, 0.6) is 11.5 Å². The van der Waals surface area contributed by atoms with Gasteiger partial charge in [0.1, 0.15) is 11.5 Å². The molecule has 0 heterocycles. The molecular formula is C11H14O2. The van der Waals surface area contributed by atoms with Crippen LogP contribution in [0.4, 0.5) is 0 Å². The number of hydrogen-bond acceptors (Lipinski definition) is 2. The van der Waals surface area contributed by atoms with Gasteiger partial charge in [-0.1, -0.05) is 25.5 Å². The molecule has 0 amide bonds. The van der Waals surface area contributed by atoms with E-state index in [0.29, 0.717) is 0 Å².